The van der Waals surface area contributed by atoms with E-state index in [1.165, 1.54) is 5.01 Å². The van der Waals surface area contributed by atoms with Gasteiger partial charge in [0.15, 0.2) is 0 Å². The summed E-state index contributed by atoms with van der Waals surface area (Å²) < 4.78 is 5.94. The van der Waals surface area contributed by atoms with Gasteiger partial charge in [0, 0.05) is 26.1 Å². The van der Waals surface area contributed by atoms with Crippen LogP contribution in [0.4, 0.5) is 0 Å². The Bertz CT molecular complexity index is 1160. The molecule has 196 valence electrons. The number of carbonyl (C=O) groups excluding carboxylic acids is 3. The fraction of sp³-hybridized carbons (Fsp3) is 0.448. The highest BCUT2D eigenvalue weighted by Gasteiger charge is 2.55. The first-order valence-corrected chi connectivity index (χ1v) is 12.8. The lowest BCUT2D eigenvalue weighted by atomic mass is 9.72. The van der Waals surface area contributed by atoms with Crippen molar-refractivity contribution in [3.63, 3.8) is 0 Å². The molecule has 2 atom stereocenters. The molecule has 2 aliphatic heterocycles. The minimum atomic E-state index is -1.14. The Labute approximate surface area is 218 Å². The van der Waals surface area contributed by atoms with E-state index in [9.17, 15) is 14.4 Å². The van der Waals surface area contributed by atoms with Crippen molar-refractivity contribution in [2.75, 3.05) is 26.2 Å². The van der Waals surface area contributed by atoms with E-state index in [2.05, 4.69) is 5.10 Å². The van der Waals surface area contributed by atoms with Crippen LogP contribution in [-0.2, 0) is 32.1 Å². The third-order valence-electron chi connectivity index (χ3n) is 7.68. The molecule has 0 aromatic heterocycles. The van der Waals surface area contributed by atoms with Crippen LogP contribution in [0.15, 0.2) is 65.8 Å². The lowest BCUT2D eigenvalue weighted by molar-refractivity contribution is -0.151. The summed E-state index contributed by atoms with van der Waals surface area (Å²) >= 11 is 0. The van der Waals surface area contributed by atoms with Gasteiger partial charge < -0.3 is 15.4 Å². The molecular formula is C29H36N4O4. The molecule has 2 N–H and O–H groups in total. The van der Waals surface area contributed by atoms with Crippen LogP contribution in [0.1, 0.15) is 38.3 Å². The molecule has 0 spiro atoms. The molecule has 0 saturated carbocycles. The van der Waals surface area contributed by atoms with E-state index in [4.69, 9.17) is 10.5 Å². The number of nitrogens with two attached hydrogens (primary N) is 1. The zero-order chi connectivity index (χ0) is 26.6. The molecule has 2 aromatic carbocycles. The Morgan fingerprint density at radius 3 is 2.30 bits per heavy atom. The van der Waals surface area contributed by atoms with Crippen molar-refractivity contribution in [3.05, 3.63) is 71.8 Å². The Morgan fingerprint density at radius 2 is 1.70 bits per heavy atom. The Balaban J connectivity index is 1.59. The number of nitrogens with zero attached hydrogens (tertiary/aromatic N) is 3. The summed E-state index contributed by atoms with van der Waals surface area (Å²) in [6, 6.07) is 19.5. The highest BCUT2D eigenvalue weighted by Crippen LogP contribution is 2.40. The SMILES string of the molecule is CCN1N=C2CCN(C(=O)[C@@H](COCc3ccccc3)C(C)(C)C(N)=O)C[C@]2(Cc2ccccc2)C1=O. The van der Waals surface area contributed by atoms with E-state index in [0.717, 1.165) is 16.8 Å². The summed E-state index contributed by atoms with van der Waals surface area (Å²) in [7, 11) is 0. The smallest absolute Gasteiger partial charge is 0.256 e. The summed E-state index contributed by atoms with van der Waals surface area (Å²) in [4.78, 5) is 41.8. The van der Waals surface area contributed by atoms with Crippen LogP contribution in [0, 0.1) is 16.7 Å². The molecule has 0 unspecified atom stereocenters. The fourth-order valence-corrected chi connectivity index (χ4v) is 5.18. The van der Waals surface area contributed by atoms with Gasteiger partial charge in [-0.1, -0.05) is 74.5 Å². The molecule has 4 rings (SSSR count). The predicted octanol–water partition coefficient (Wildman–Crippen LogP) is 3.01. The minimum Gasteiger partial charge on any atom is -0.376 e. The number of fused-ring (bicyclic) bond motifs is 1. The van der Waals surface area contributed by atoms with Crippen molar-refractivity contribution < 1.29 is 19.1 Å². The second kappa shape index (κ2) is 10.8. The fourth-order valence-electron chi connectivity index (χ4n) is 5.18. The molecule has 2 aliphatic rings. The first-order chi connectivity index (χ1) is 17.7. The first-order valence-electron chi connectivity index (χ1n) is 12.8. The number of amides is 3. The highest BCUT2D eigenvalue weighted by molar-refractivity contribution is 6.13. The van der Waals surface area contributed by atoms with Crippen molar-refractivity contribution in [2.24, 2.45) is 27.6 Å². The summed E-state index contributed by atoms with van der Waals surface area (Å²) in [5.74, 6) is -1.68. The number of ether oxygens (including phenoxy) is 1. The number of likely N-dealkylation sites (tertiary alicyclic amines) is 1. The van der Waals surface area contributed by atoms with Crippen LogP contribution >= 0.6 is 0 Å². The second-order valence-electron chi connectivity index (χ2n) is 10.5. The first kappa shape index (κ1) is 26.5. The minimum absolute atomic E-state index is 0.0435. The summed E-state index contributed by atoms with van der Waals surface area (Å²) in [5, 5.41) is 6.15. The predicted molar refractivity (Wildman–Crippen MR) is 141 cm³/mol. The largest absolute Gasteiger partial charge is 0.376 e. The zero-order valence-corrected chi connectivity index (χ0v) is 21.9. The molecule has 8 heteroatoms. The van der Waals surface area contributed by atoms with Crippen LogP contribution in [0.5, 0.6) is 0 Å². The number of hydrogen-bond acceptors (Lipinski definition) is 5. The Kier molecular flexibility index (Phi) is 7.78. The molecule has 37 heavy (non-hydrogen) atoms. The van der Waals surface area contributed by atoms with Crippen molar-refractivity contribution in [1.82, 2.24) is 9.91 Å². The molecule has 0 bridgehead atoms. The van der Waals surface area contributed by atoms with Gasteiger partial charge in [-0.05, 0) is 24.5 Å². The van der Waals surface area contributed by atoms with Gasteiger partial charge in [-0.25, -0.2) is 5.01 Å². The van der Waals surface area contributed by atoms with E-state index in [1.54, 1.807) is 18.7 Å². The van der Waals surface area contributed by atoms with Gasteiger partial charge in [0.1, 0.15) is 5.41 Å². The quantitative estimate of drug-likeness (QED) is 0.537. The Hall–Kier alpha value is -3.52. The van der Waals surface area contributed by atoms with Crippen LogP contribution in [0.25, 0.3) is 0 Å². The van der Waals surface area contributed by atoms with Crippen LogP contribution in [-0.4, -0.2) is 59.6 Å². The molecular weight excluding hydrogens is 468 g/mol. The topological polar surface area (TPSA) is 105 Å². The van der Waals surface area contributed by atoms with E-state index in [0.29, 0.717) is 32.5 Å². The van der Waals surface area contributed by atoms with Crippen LogP contribution in [0.2, 0.25) is 0 Å². The van der Waals surface area contributed by atoms with Crippen molar-refractivity contribution in [2.45, 2.75) is 40.2 Å². The molecule has 0 aliphatic carbocycles. The molecule has 3 amide bonds. The van der Waals surface area contributed by atoms with E-state index < -0.39 is 22.7 Å². The Morgan fingerprint density at radius 1 is 1.08 bits per heavy atom. The third-order valence-corrected chi connectivity index (χ3v) is 7.68. The maximum Gasteiger partial charge on any atom is 0.256 e. The van der Waals surface area contributed by atoms with E-state index in [-0.39, 0.29) is 25.0 Å². The van der Waals surface area contributed by atoms with Gasteiger partial charge in [-0.15, -0.1) is 0 Å². The monoisotopic (exact) mass is 504 g/mol. The number of benzene rings is 2. The van der Waals surface area contributed by atoms with Crippen LogP contribution < -0.4 is 5.73 Å². The lowest BCUT2D eigenvalue weighted by Crippen LogP contribution is -2.58. The zero-order valence-electron chi connectivity index (χ0n) is 21.9. The van der Waals surface area contributed by atoms with Gasteiger partial charge in [-0.3, -0.25) is 14.4 Å². The van der Waals surface area contributed by atoms with Gasteiger partial charge in [-0.2, -0.15) is 5.10 Å². The number of rotatable bonds is 10. The number of primary amides is 1. The molecule has 2 aromatic rings. The maximum atomic E-state index is 14.0. The highest BCUT2D eigenvalue weighted by atomic mass is 16.5. The summed E-state index contributed by atoms with van der Waals surface area (Å²) in [6.07, 6.45) is 0.954. The van der Waals surface area contributed by atoms with Gasteiger partial charge in [0.25, 0.3) is 5.91 Å². The van der Waals surface area contributed by atoms with Crippen molar-refractivity contribution in [1.29, 1.82) is 0 Å². The molecule has 1 fully saturated rings. The number of piperidine rings is 1. The maximum absolute atomic E-state index is 14.0. The van der Waals surface area contributed by atoms with E-state index in [1.807, 2.05) is 67.6 Å². The molecule has 0 radical (unpaired) electrons. The number of carbonyl (C=O) groups is 3. The van der Waals surface area contributed by atoms with Crippen molar-refractivity contribution in [3.8, 4) is 0 Å². The summed E-state index contributed by atoms with van der Waals surface area (Å²) in [6.45, 7) is 6.72. The summed E-state index contributed by atoms with van der Waals surface area (Å²) in [5.41, 5.74) is 6.50. The number of hydrazone groups is 1. The normalized spacial score (nSPS) is 20.4. The third kappa shape index (κ3) is 5.30. The average molecular weight is 505 g/mol. The lowest BCUT2D eigenvalue weighted by Gasteiger charge is -2.42. The number of hydrogen-bond donors (Lipinski definition) is 1. The molecule has 8 nitrogen and oxygen atoms in total. The van der Waals surface area contributed by atoms with Gasteiger partial charge in [0.05, 0.1) is 30.3 Å². The second-order valence-corrected chi connectivity index (χ2v) is 10.5. The van der Waals surface area contributed by atoms with Gasteiger partial charge in [0.2, 0.25) is 11.8 Å². The van der Waals surface area contributed by atoms with Gasteiger partial charge >= 0.3 is 0 Å². The average Bonchev–Trinajstić information content (AvgIpc) is 3.17. The van der Waals surface area contributed by atoms with Crippen molar-refractivity contribution >= 4 is 23.4 Å². The van der Waals surface area contributed by atoms with Crippen LogP contribution in [0.3, 0.4) is 0 Å². The standard InChI is InChI=1S/C29H36N4O4/c1-4-33-27(36)29(17-21-11-7-5-8-12-21)20-32(16-15-24(29)31-33)25(34)23(28(2,3)26(30)35)19-37-18-22-13-9-6-10-14-22/h5-14,23H,4,15-20H2,1-3H3,(H2,30,35)/t23-,29+/m1/s1. The molecule has 2 heterocycles. The van der Waals surface area contributed by atoms with E-state index >= 15 is 0 Å². The molecule has 1 saturated heterocycles.